The fraction of sp³-hybridized carbons (Fsp3) is 0.438. The minimum absolute atomic E-state index is 0.0150. The molecule has 0 spiro atoms. The fourth-order valence-electron chi connectivity index (χ4n) is 2.33. The Kier molecular flexibility index (Phi) is 4.04. The van der Waals surface area contributed by atoms with Gasteiger partial charge in [-0.3, -0.25) is 9.79 Å². The first-order valence-electron chi connectivity index (χ1n) is 7.18. The van der Waals surface area contributed by atoms with Gasteiger partial charge < -0.3 is 10.4 Å². The van der Waals surface area contributed by atoms with Gasteiger partial charge in [0.05, 0.1) is 11.1 Å². The van der Waals surface area contributed by atoms with Crippen molar-refractivity contribution < 1.29 is 19.1 Å². The molecule has 1 unspecified atom stereocenters. The Morgan fingerprint density at radius 1 is 1.45 bits per heavy atom. The first-order chi connectivity index (χ1) is 10.2. The molecule has 0 aliphatic carbocycles. The fourth-order valence-corrected chi connectivity index (χ4v) is 2.33. The SMILES string of the molecule is CCc1cc(F)c(C2=NC(C)(C(C)C)C(=O)N2)c(C(=O)O)c1. The first kappa shape index (κ1) is 16.1. The lowest BCUT2D eigenvalue weighted by Gasteiger charge is -2.21. The summed E-state index contributed by atoms with van der Waals surface area (Å²) >= 11 is 0. The maximum Gasteiger partial charge on any atom is 0.336 e. The summed E-state index contributed by atoms with van der Waals surface area (Å²) in [7, 11) is 0. The zero-order chi connectivity index (χ0) is 16.7. The number of hydrogen-bond acceptors (Lipinski definition) is 3. The Morgan fingerprint density at radius 2 is 2.09 bits per heavy atom. The molecule has 118 valence electrons. The van der Waals surface area contributed by atoms with Gasteiger partial charge in [-0.25, -0.2) is 9.18 Å². The van der Waals surface area contributed by atoms with Crippen LogP contribution in [0.25, 0.3) is 0 Å². The molecule has 0 fully saturated rings. The molecule has 1 aromatic rings. The number of carboxylic acids is 1. The number of aliphatic imine (C=N–C) groups is 1. The first-order valence-corrected chi connectivity index (χ1v) is 7.18. The lowest BCUT2D eigenvalue weighted by molar-refractivity contribution is -0.124. The predicted octanol–water partition coefficient (Wildman–Crippen LogP) is 2.38. The molecular formula is C16H19FN2O3. The van der Waals surface area contributed by atoms with Crippen LogP contribution in [0.4, 0.5) is 4.39 Å². The van der Waals surface area contributed by atoms with E-state index in [9.17, 15) is 19.1 Å². The molecule has 1 amide bonds. The molecule has 2 rings (SSSR count). The number of benzene rings is 1. The van der Waals surface area contributed by atoms with Crippen molar-refractivity contribution in [1.29, 1.82) is 0 Å². The lowest BCUT2D eigenvalue weighted by Crippen LogP contribution is -2.41. The summed E-state index contributed by atoms with van der Waals surface area (Å²) in [4.78, 5) is 27.9. The predicted molar refractivity (Wildman–Crippen MR) is 80.7 cm³/mol. The third kappa shape index (κ3) is 2.49. The van der Waals surface area contributed by atoms with Crippen LogP contribution in [0.15, 0.2) is 17.1 Å². The van der Waals surface area contributed by atoms with Crippen molar-refractivity contribution >= 4 is 17.7 Å². The zero-order valence-electron chi connectivity index (χ0n) is 13.0. The molecule has 2 N–H and O–H groups in total. The Balaban J connectivity index is 2.63. The molecule has 5 nitrogen and oxygen atoms in total. The highest BCUT2D eigenvalue weighted by molar-refractivity contribution is 6.18. The molecule has 6 heteroatoms. The minimum Gasteiger partial charge on any atom is -0.478 e. The third-order valence-corrected chi connectivity index (χ3v) is 4.19. The number of halogens is 1. The van der Waals surface area contributed by atoms with Crippen LogP contribution in [0.3, 0.4) is 0 Å². The maximum atomic E-state index is 14.4. The number of aromatic carboxylic acids is 1. The number of amidine groups is 1. The second-order valence-corrected chi connectivity index (χ2v) is 5.88. The van der Waals surface area contributed by atoms with Crippen molar-refractivity contribution in [2.45, 2.75) is 39.7 Å². The highest BCUT2D eigenvalue weighted by Gasteiger charge is 2.43. The number of amides is 1. The Hall–Kier alpha value is -2.24. The molecule has 0 saturated heterocycles. The summed E-state index contributed by atoms with van der Waals surface area (Å²) < 4.78 is 14.4. The van der Waals surface area contributed by atoms with E-state index >= 15 is 0 Å². The van der Waals surface area contributed by atoms with E-state index in [1.54, 1.807) is 6.92 Å². The van der Waals surface area contributed by atoms with Gasteiger partial charge in [0.2, 0.25) is 0 Å². The summed E-state index contributed by atoms with van der Waals surface area (Å²) in [6, 6.07) is 2.70. The molecule has 1 aliphatic rings. The second-order valence-electron chi connectivity index (χ2n) is 5.88. The van der Waals surface area contributed by atoms with Crippen molar-refractivity contribution in [1.82, 2.24) is 5.32 Å². The van der Waals surface area contributed by atoms with E-state index in [2.05, 4.69) is 10.3 Å². The quantitative estimate of drug-likeness (QED) is 0.896. The molecule has 0 bridgehead atoms. The molecule has 0 aromatic heterocycles. The molecular weight excluding hydrogens is 287 g/mol. The van der Waals surface area contributed by atoms with E-state index in [0.29, 0.717) is 12.0 Å². The van der Waals surface area contributed by atoms with Crippen LogP contribution in [-0.2, 0) is 11.2 Å². The van der Waals surface area contributed by atoms with E-state index in [0.717, 1.165) is 0 Å². The summed E-state index contributed by atoms with van der Waals surface area (Å²) in [5.74, 6) is -2.41. The number of nitrogens with one attached hydrogen (secondary N) is 1. The van der Waals surface area contributed by atoms with E-state index in [1.165, 1.54) is 12.1 Å². The van der Waals surface area contributed by atoms with Crippen molar-refractivity contribution in [3.8, 4) is 0 Å². The summed E-state index contributed by atoms with van der Waals surface area (Å²) in [5, 5.41) is 11.9. The highest BCUT2D eigenvalue weighted by atomic mass is 19.1. The molecule has 1 aromatic carbocycles. The van der Waals surface area contributed by atoms with Crippen LogP contribution in [0.2, 0.25) is 0 Å². The zero-order valence-corrected chi connectivity index (χ0v) is 13.0. The Morgan fingerprint density at radius 3 is 2.55 bits per heavy atom. The number of carbonyl (C=O) groups excluding carboxylic acids is 1. The van der Waals surface area contributed by atoms with Gasteiger partial charge in [0.1, 0.15) is 17.2 Å². The van der Waals surface area contributed by atoms with Gasteiger partial charge in [0.15, 0.2) is 0 Å². The smallest absolute Gasteiger partial charge is 0.336 e. The number of hydrogen-bond donors (Lipinski definition) is 2. The molecule has 1 aliphatic heterocycles. The molecule has 1 atom stereocenters. The van der Waals surface area contributed by atoms with E-state index in [-0.39, 0.29) is 28.8 Å². The van der Waals surface area contributed by atoms with E-state index in [1.807, 2.05) is 20.8 Å². The summed E-state index contributed by atoms with van der Waals surface area (Å²) in [6.45, 7) is 7.13. The average molecular weight is 306 g/mol. The second kappa shape index (κ2) is 5.51. The Bertz CT molecular complexity index is 682. The average Bonchev–Trinajstić information content (AvgIpc) is 2.74. The number of carboxylic acid groups (broad SMARTS) is 1. The maximum absolute atomic E-state index is 14.4. The van der Waals surface area contributed by atoms with E-state index in [4.69, 9.17) is 0 Å². The summed E-state index contributed by atoms with van der Waals surface area (Å²) in [6.07, 6.45) is 0.514. The van der Waals surface area contributed by atoms with Gasteiger partial charge in [-0.05, 0) is 37.0 Å². The molecule has 0 radical (unpaired) electrons. The number of carbonyl (C=O) groups is 2. The monoisotopic (exact) mass is 306 g/mol. The third-order valence-electron chi connectivity index (χ3n) is 4.19. The summed E-state index contributed by atoms with van der Waals surface area (Å²) in [5.41, 5.74) is -0.803. The van der Waals surface area contributed by atoms with Crippen molar-refractivity contribution in [3.63, 3.8) is 0 Å². The number of nitrogens with zero attached hydrogens (tertiary/aromatic N) is 1. The van der Waals surface area contributed by atoms with Crippen molar-refractivity contribution in [3.05, 3.63) is 34.6 Å². The van der Waals surface area contributed by atoms with Crippen LogP contribution in [-0.4, -0.2) is 28.4 Å². The highest BCUT2D eigenvalue weighted by Crippen LogP contribution is 2.29. The molecule has 1 heterocycles. The number of aryl methyl sites for hydroxylation is 1. The standard InChI is InChI=1S/C16H19FN2O3/c1-5-9-6-10(14(20)21)12(11(17)7-9)13-18-15(22)16(4,19-13)8(2)3/h6-8H,5H2,1-4H3,(H,20,21)(H,18,19,22). The molecule has 22 heavy (non-hydrogen) atoms. The van der Waals surface area contributed by atoms with Crippen LogP contribution >= 0.6 is 0 Å². The van der Waals surface area contributed by atoms with Crippen molar-refractivity contribution in [2.24, 2.45) is 10.9 Å². The largest absolute Gasteiger partial charge is 0.478 e. The van der Waals surface area contributed by atoms with Gasteiger partial charge in [0.25, 0.3) is 5.91 Å². The van der Waals surface area contributed by atoms with Crippen LogP contribution in [0.1, 0.15) is 49.2 Å². The van der Waals surface area contributed by atoms with Crippen LogP contribution < -0.4 is 5.32 Å². The topological polar surface area (TPSA) is 78.8 Å². The van der Waals surface area contributed by atoms with Gasteiger partial charge in [-0.15, -0.1) is 0 Å². The Labute approximate surface area is 128 Å². The molecule has 0 saturated carbocycles. The van der Waals surface area contributed by atoms with Gasteiger partial charge in [-0.2, -0.15) is 0 Å². The van der Waals surface area contributed by atoms with Crippen molar-refractivity contribution in [2.75, 3.05) is 0 Å². The normalized spacial score (nSPS) is 21.0. The lowest BCUT2D eigenvalue weighted by atomic mass is 9.89. The van der Waals surface area contributed by atoms with Gasteiger partial charge in [0, 0.05) is 0 Å². The van der Waals surface area contributed by atoms with Gasteiger partial charge >= 0.3 is 5.97 Å². The van der Waals surface area contributed by atoms with Crippen LogP contribution in [0, 0.1) is 11.7 Å². The van der Waals surface area contributed by atoms with Crippen LogP contribution in [0.5, 0.6) is 0 Å². The van der Waals surface area contributed by atoms with Gasteiger partial charge in [-0.1, -0.05) is 20.8 Å². The van der Waals surface area contributed by atoms with E-state index < -0.39 is 17.3 Å². The minimum atomic E-state index is -1.25. The number of rotatable bonds is 4.